The Morgan fingerprint density at radius 2 is 2.50 bits per heavy atom. The summed E-state index contributed by atoms with van der Waals surface area (Å²) in [6.45, 7) is 2.72. The number of aromatic nitrogens is 2. The normalized spacial score (nSPS) is 10.4. The molecule has 0 aliphatic carbocycles. The van der Waals surface area contributed by atoms with Crippen molar-refractivity contribution >= 4 is 5.78 Å². The lowest BCUT2D eigenvalue weighted by molar-refractivity contribution is 0.101. The fraction of sp³-hybridized carbons (Fsp3) is 0.200. The van der Waals surface area contributed by atoms with Crippen molar-refractivity contribution in [3.05, 3.63) is 42.1 Å². The van der Waals surface area contributed by atoms with Crippen molar-refractivity contribution < 1.29 is 9.21 Å². The van der Waals surface area contributed by atoms with E-state index in [4.69, 9.17) is 4.42 Å². The van der Waals surface area contributed by atoms with Gasteiger partial charge in [0.2, 0.25) is 5.78 Å². The van der Waals surface area contributed by atoms with Crippen LogP contribution in [-0.4, -0.2) is 15.6 Å². The first-order chi connectivity index (χ1) is 6.81. The summed E-state index contributed by atoms with van der Waals surface area (Å²) in [6.07, 6.45) is 4.75. The van der Waals surface area contributed by atoms with Crippen molar-refractivity contribution in [3.8, 4) is 0 Å². The quantitative estimate of drug-likeness (QED) is 0.692. The van der Waals surface area contributed by atoms with Gasteiger partial charge in [0, 0.05) is 12.7 Å². The number of rotatable bonds is 3. The fourth-order valence-electron chi connectivity index (χ4n) is 1.20. The van der Waals surface area contributed by atoms with Crippen molar-refractivity contribution in [2.24, 2.45) is 0 Å². The molecule has 14 heavy (non-hydrogen) atoms. The number of nitrogens with zero attached hydrogens (tertiary/aromatic N) is 2. The van der Waals surface area contributed by atoms with E-state index in [2.05, 4.69) is 5.10 Å². The largest absolute Gasteiger partial charge is 0.461 e. The molecule has 0 atom stereocenters. The number of hydrogen-bond acceptors (Lipinski definition) is 3. The summed E-state index contributed by atoms with van der Waals surface area (Å²) >= 11 is 0. The van der Waals surface area contributed by atoms with Gasteiger partial charge in [-0.1, -0.05) is 0 Å². The lowest BCUT2D eigenvalue weighted by Crippen LogP contribution is -1.98. The van der Waals surface area contributed by atoms with Crippen molar-refractivity contribution in [1.82, 2.24) is 9.78 Å². The van der Waals surface area contributed by atoms with E-state index in [1.807, 2.05) is 6.92 Å². The molecular weight excluding hydrogens is 180 g/mol. The summed E-state index contributed by atoms with van der Waals surface area (Å²) in [5.41, 5.74) is 0.557. The maximum atomic E-state index is 11.7. The van der Waals surface area contributed by atoms with Gasteiger partial charge < -0.3 is 4.42 Å². The van der Waals surface area contributed by atoms with E-state index in [0.717, 1.165) is 6.54 Å². The van der Waals surface area contributed by atoms with E-state index in [0.29, 0.717) is 11.3 Å². The van der Waals surface area contributed by atoms with Crippen LogP contribution in [0, 0.1) is 0 Å². The molecule has 0 fully saturated rings. The van der Waals surface area contributed by atoms with Gasteiger partial charge in [0.05, 0.1) is 18.0 Å². The summed E-state index contributed by atoms with van der Waals surface area (Å²) in [6, 6.07) is 3.34. The van der Waals surface area contributed by atoms with Crippen molar-refractivity contribution in [3.63, 3.8) is 0 Å². The first kappa shape index (κ1) is 8.74. The van der Waals surface area contributed by atoms with Crippen LogP contribution < -0.4 is 0 Å². The number of furan rings is 1. The Morgan fingerprint density at radius 3 is 3.07 bits per heavy atom. The van der Waals surface area contributed by atoms with Crippen LogP contribution in [0.5, 0.6) is 0 Å². The smallest absolute Gasteiger partial charge is 0.231 e. The average molecular weight is 190 g/mol. The SMILES string of the molecule is CCn1cc(C(=O)c2ccco2)cn1. The fourth-order valence-corrected chi connectivity index (χ4v) is 1.20. The molecule has 72 valence electrons. The molecule has 0 spiro atoms. The monoisotopic (exact) mass is 190 g/mol. The van der Waals surface area contributed by atoms with Gasteiger partial charge in [-0.2, -0.15) is 5.10 Å². The maximum Gasteiger partial charge on any atom is 0.231 e. The summed E-state index contributed by atoms with van der Waals surface area (Å²) < 4.78 is 6.71. The molecule has 4 heteroatoms. The Balaban J connectivity index is 2.28. The minimum absolute atomic E-state index is 0.130. The molecule has 0 bridgehead atoms. The molecule has 0 N–H and O–H groups in total. The molecule has 2 heterocycles. The third-order valence-electron chi connectivity index (χ3n) is 1.96. The molecule has 0 radical (unpaired) electrons. The first-order valence-corrected chi connectivity index (χ1v) is 4.42. The molecule has 0 amide bonds. The van der Waals surface area contributed by atoms with E-state index in [1.165, 1.54) is 6.26 Å². The van der Waals surface area contributed by atoms with E-state index in [9.17, 15) is 4.79 Å². The van der Waals surface area contributed by atoms with Crippen LogP contribution in [0.15, 0.2) is 35.2 Å². The molecule has 0 aliphatic rings. The third-order valence-corrected chi connectivity index (χ3v) is 1.96. The predicted octanol–water partition coefficient (Wildman–Crippen LogP) is 1.73. The lowest BCUT2D eigenvalue weighted by Gasteiger charge is -1.91. The van der Waals surface area contributed by atoms with Gasteiger partial charge in [-0.3, -0.25) is 9.48 Å². The van der Waals surface area contributed by atoms with E-state index in [1.54, 1.807) is 29.2 Å². The second-order valence-electron chi connectivity index (χ2n) is 2.89. The van der Waals surface area contributed by atoms with Crippen molar-refractivity contribution in [2.45, 2.75) is 13.5 Å². The zero-order valence-corrected chi connectivity index (χ0v) is 7.80. The first-order valence-electron chi connectivity index (χ1n) is 4.42. The Morgan fingerprint density at radius 1 is 1.64 bits per heavy atom. The van der Waals surface area contributed by atoms with Crippen LogP contribution in [0.4, 0.5) is 0 Å². The topological polar surface area (TPSA) is 48.0 Å². The minimum Gasteiger partial charge on any atom is -0.461 e. The summed E-state index contributed by atoms with van der Waals surface area (Å²) in [5.74, 6) is 0.218. The predicted molar refractivity (Wildman–Crippen MR) is 50.0 cm³/mol. The van der Waals surface area contributed by atoms with E-state index < -0.39 is 0 Å². The van der Waals surface area contributed by atoms with Crippen LogP contribution >= 0.6 is 0 Å². The Kier molecular flexibility index (Phi) is 2.18. The van der Waals surface area contributed by atoms with Crippen LogP contribution in [0.25, 0.3) is 0 Å². The van der Waals surface area contributed by atoms with Gasteiger partial charge in [-0.25, -0.2) is 0 Å². The molecular formula is C10H10N2O2. The van der Waals surface area contributed by atoms with Gasteiger partial charge in [0.1, 0.15) is 0 Å². The number of aryl methyl sites for hydroxylation is 1. The highest BCUT2D eigenvalue weighted by Gasteiger charge is 2.13. The highest BCUT2D eigenvalue weighted by Crippen LogP contribution is 2.09. The van der Waals surface area contributed by atoms with Crippen LogP contribution in [0.1, 0.15) is 23.0 Å². The number of hydrogen-bond donors (Lipinski definition) is 0. The van der Waals surface area contributed by atoms with Gasteiger partial charge in [0.25, 0.3) is 0 Å². The summed E-state index contributed by atoms with van der Waals surface area (Å²) in [7, 11) is 0. The molecule has 2 aromatic rings. The van der Waals surface area contributed by atoms with Crippen molar-refractivity contribution in [2.75, 3.05) is 0 Å². The maximum absolute atomic E-state index is 11.7. The highest BCUT2D eigenvalue weighted by molar-refractivity contribution is 6.06. The molecule has 0 saturated heterocycles. The summed E-state index contributed by atoms with van der Waals surface area (Å²) in [5, 5.41) is 4.02. The zero-order chi connectivity index (χ0) is 9.97. The molecule has 0 aromatic carbocycles. The standard InChI is InChI=1S/C10H10N2O2/c1-2-12-7-8(6-11-12)10(13)9-4-3-5-14-9/h3-7H,2H2,1H3. The number of carbonyl (C=O) groups is 1. The highest BCUT2D eigenvalue weighted by atomic mass is 16.3. The molecule has 0 unspecified atom stereocenters. The molecule has 0 saturated carbocycles. The Bertz CT molecular complexity index is 429. The lowest BCUT2D eigenvalue weighted by atomic mass is 10.2. The van der Waals surface area contributed by atoms with Gasteiger partial charge in [0.15, 0.2) is 5.76 Å². The minimum atomic E-state index is -0.130. The zero-order valence-electron chi connectivity index (χ0n) is 7.80. The average Bonchev–Trinajstić information content (AvgIpc) is 2.88. The van der Waals surface area contributed by atoms with Crippen LogP contribution in [0.3, 0.4) is 0 Å². The molecule has 2 rings (SSSR count). The molecule has 0 aliphatic heterocycles. The number of carbonyl (C=O) groups excluding carboxylic acids is 1. The Labute approximate surface area is 81.1 Å². The van der Waals surface area contributed by atoms with Crippen LogP contribution in [-0.2, 0) is 6.54 Å². The van der Waals surface area contributed by atoms with Crippen LogP contribution in [0.2, 0.25) is 0 Å². The van der Waals surface area contributed by atoms with E-state index >= 15 is 0 Å². The van der Waals surface area contributed by atoms with Gasteiger partial charge in [-0.15, -0.1) is 0 Å². The third kappa shape index (κ3) is 1.46. The molecule has 4 nitrogen and oxygen atoms in total. The van der Waals surface area contributed by atoms with E-state index in [-0.39, 0.29) is 5.78 Å². The summed E-state index contributed by atoms with van der Waals surface area (Å²) in [4.78, 5) is 11.7. The Hall–Kier alpha value is -1.84. The molecule has 2 aromatic heterocycles. The second kappa shape index (κ2) is 3.49. The second-order valence-corrected chi connectivity index (χ2v) is 2.89. The van der Waals surface area contributed by atoms with Crippen molar-refractivity contribution in [1.29, 1.82) is 0 Å². The number of ketones is 1. The van der Waals surface area contributed by atoms with Gasteiger partial charge in [-0.05, 0) is 19.1 Å². The van der Waals surface area contributed by atoms with Gasteiger partial charge >= 0.3 is 0 Å².